The average molecular weight is 336 g/mol. The Balaban J connectivity index is 2.39. The minimum atomic E-state index is -1.68. The first-order chi connectivity index (χ1) is 11.2. The summed E-state index contributed by atoms with van der Waals surface area (Å²) in [6, 6.07) is 4.07. The number of hydrogen-bond acceptors (Lipinski definition) is 6. The van der Waals surface area contributed by atoms with Crippen LogP contribution in [0.1, 0.15) is 35.7 Å². The number of benzene rings is 1. The molecule has 0 saturated carbocycles. The van der Waals surface area contributed by atoms with E-state index in [1.807, 2.05) is 0 Å². The molecular formula is C15H16N2O7. The predicted octanol–water partition coefficient (Wildman–Crippen LogP) is 1.35. The van der Waals surface area contributed by atoms with Gasteiger partial charge >= 0.3 is 11.9 Å². The van der Waals surface area contributed by atoms with E-state index in [-0.39, 0.29) is 36.2 Å². The van der Waals surface area contributed by atoms with Crippen molar-refractivity contribution in [3.05, 3.63) is 39.4 Å². The summed E-state index contributed by atoms with van der Waals surface area (Å²) in [5.74, 6) is -2.50. The number of carbonyl (C=O) groups excluding carboxylic acids is 2. The number of carbonyl (C=O) groups is 3. The zero-order valence-electron chi connectivity index (χ0n) is 13.1. The Morgan fingerprint density at radius 2 is 2.12 bits per heavy atom. The van der Waals surface area contributed by atoms with Crippen LogP contribution in [-0.4, -0.2) is 45.4 Å². The molecule has 9 nitrogen and oxygen atoms in total. The third-order valence-electron chi connectivity index (χ3n) is 4.24. The molecule has 1 aliphatic rings. The monoisotopic (exact) mass is 336 g/mol. The molecule has 1 atom stereocenters. The van der Waals surface area contributed by atoms with Crippen LogP contribution in [0, 0.1) is 10.1 Å². The first kappa shape index (κ1) is 17.4. The van der Waals surface area contributed by atoms with Gasteiger partial charge in [-0.3, -0.25) is 19.7 Å². The highest BCUT2D eigenvalue weighted by molar-refractivity contribution is 6.02. The molecule has 1 aromatic rings. The molecule has 0 bridgehead atoms. The number of nitro groups is 1. The number of carboxylic acids is 1. The number of esters is 1. The van der Waals surface area contributed by atoms with Gasteiger partial charge in [0.25, 0.3) is 11.6 Å². The summed E-state index contributed by atoms with van der Waals surface area (Å²) in [5.41, 5.74) is -1.63. The number of amides is 1. The Kier molecular flexibility index (Phi) is 4.54. The molecule has 1 aromatic carbocycles. The lowest BCUT2D eigenvalue weighted by Gasteiger charge is -2.34. The van der Waals surface area contributed by atoms with Gasteiger partial charge in [0.2, 0.25) is 0 Å². The average Bonchev–Trinajstić information content (AvgIpc) is 2.89. The molecule has 0 spiro atoms. The van der Waals surface area contributed by atoms with Gasteiger partial charge in [0.05, 0.1) is 29.7 Å². The Morgan fingerprint density at radius 3 is 2.67 bits per heavy atom. The maximum absolute atomic E-state index is 12.6. The van der Waals surface area contributed by atoms with E-state index in [0.717, 1.165) is 4.90 Å². The fourth-order valence-corrected chi connectivity index (χ4v) is 2.69. The van der Waals surface area contributed by atoms with Crippen LogP contribution in [-0.2, 0) is 20.9 Å². The number of methoxy groups -OCH3 is 1. The van der Waals surface area contributed by atoms with E-state index in [4.69, 9.17) is 0 Å². The van der Waals surface area contributed by atoms with Crippen LogP contribution >= 0.6 is 0 Å². The summed E-state index contributed by atoms with van der Waals surface area (Å²) in [6.45, 7) is 1.11. The first-order valence-electron chi connectivity index (χ1n) is 7.11. The molecule has 1 heterocycles. The van der Waals surface area contributed by atoms with Crippen LogP contribution in [0.15, 0.2) is 18.2 Å². The van der Waals surface area contributed by atoms with Crippen molar-refractivity contribution in [3.63, 3.8) is 0 Å². The highest BCUT2D eigenvalue weighted by atomic mass is 16.6. The number of nitro benzene ring substituents is 1. The molecule has 1 unspecified atom stereocenters. The summed E-state index contributed by atoms with van der Waals surface area (Å²) in [6.07, 6.45) is -0.357. The third-order valence-corrected chi connectivity index (χ3v) is 4.24. The van der Waals surface area contributed by atoms with Crippen LogP contribution in [0.4, 0.5) is 5.69 Å². The van der Waals surface area contributed by atoms with Crippen LogP contribution in [0.3, 0.4) is 0 Å². The Morgan fingerprint density at radius 1 is 1.46 bits per heavy atom. The van der Waals surface area contributed by atoms with Gasteiger partial charge in [0, 0.05) is 12.5 Å². The minimum absolute atomic E-state index is 0.106. The maximum Gasteiger partial charge on any atom is 0.329 e. The molecule has 128 valence electrons. The van der Waals surface area contributed by atoms with Crippen LogP contribution in [0.5, 0.6) is 0 Å². The third kappa shape index (κ3) is 2.80. The molecule has 0 aliphatic carbocycles. The summed E-state index contributed by atoms with van der Waals surface area (Å²) >= 11 is 0. The second-order valence-corrected chi connectivity index (χ2v) is 5.61. The summed E-state index contributed by atoms with van der Waals surface area (Å²) in [7, 11) is 1.18. The van der Waals surface area contributed by atoms with Crippen molar-refractivity contribution in [2.24, 2.45) is 0 Å². The number of ether oxygens (including phenoxy) is 1. The lowest BCUT2D eigenvalue weighted by Crippen LogP contribution is -2.52. The van der Waals surface area contributed by atoms with Crippen LogP contribution in [0.2, 0.25) is 0 Å². The van der Waals surface area contributed by atoms with Gasteiger partial charge in [0.15, 0.2) is 0 Å². The zero-order chi connectivity index (χ0) is 18.1. The van der Waals surface area contributed by atoms with Crippen LogP contribution < -0.4 is 0 Å². The number of aliphatic carboxylic acids is 1. The first-order valence-corrected chi connectivity index (χ1v) is 7.11. The van der Waals surface area contributed by atoms with E-state index >= 15 is 0 Å². The lowest BCUT2D eigenvalue weighted by atomic mass is 9.93. The van der Waals surface area contributed by atoms with E-state index in [1.54, 1.807) is 0 Å². The van der Waals surface area contributed by atoms with Crippen LogP contribution in [0.25, 0.3) is 0 Å². The molecule has 0 saturated heterocycles. The van der Waals surface area contributed by atoms with E-state index in [0.29, 0.717) is 0 Å². The van der Waals surface area contributed by atoms with Gasteiger partial charge in [-0.1, -0.05) is 6.07 Å². The van der Waals surface area contributed by atoms with Crippen molar-refractivity contribution in [1.29, 1.82) is 0 Å². The quantitative estimate of drug-likeness (QED) is 0.472. The van der Waals surface area contributed by atoms with Crippen molar-refractivity contribution in [3.8, 4) is 0 Å². The molecule has 0 fully saturated rings. The number of fused-ring (bicyclic) bond motifs is 1. The maximum atomic E-state index is 12.6. The highest BCUT2D eigenvalue weighted by Crippen LogP contribution is 2.36. The molecule has 2 rings (SSSR count). The lowest BCUT2D eigenvalue weighted by molar-refractivity contribution is -0.385. The van der Waals surface area contributed by atoms with Gasteiger partial charge in [-0.05, 0) is 19.4 Å². The minimum Gasteiger partial charge on any atom is -0.480 e. The molecule has 1 N–H and O–H groups in total. The predicted molar refractivity (Wildman–Crippen MR) is 80.3 cm³/mol. The molecule has 9 heteroatoms. The van der Waals surface area contributed by atoms with E-state index < -0.39 is 28.3 Å². The number of nitrogens with zero attached hydrogens (tertiary/aromatic N) is 2. The van der Waals surface area contributed by atoms with Gasteiger partial charge < -0.3 is 14.7 Å². The van der Waals surface area contributed by atoms with Gasteiger partial charge in [0.1, 0.15) is 5.54 Å². The smallest absolute Gasteiger partial charge is 0.329 e. The molecule has 0 aromatic heterocycles. The van der Waals surface area contributed by atoms with Gasteiger partial charge in [-0.2, -0.15) is 0 Å². The normalized spacial score (nSPS) is 15.6. The Bertz CT molecular complexity index is 731. The van der Waals surface area contributed by atoms with Crippen molar-refractivity contribution in [2.75, 3.05) is 7.11 Å². The largest absolute Gasteiger partial charge is 0.480 e. The second-order valence-electron chi connectivity index (χ2n) is 5.61. The standard InChI is InChI=1S/C15H16N2O7/c1-15(14(20)21,7-6-12(18)24-2)16-8-10-9(13(16)19)4-3-5-11(10)17(22)23/h3-5H,6-8H2,1-2H3,(H,20,21). The van der Waals surface area contributed by atoms with Crippen molar-refractivity contribution in [2.45, 2.75) is 31.8 Å². The van der Waals surface area contributed by atoms with Crippen molar-refractivity contribution >= 4 is 23.5 Å². The fourth-order valence-electron chi connectivity index (χ4n) is 2.69. The van der Waals surface area contributed by atoms with E-state index in [2.05, 4.69) is 4.74 Å². The molecular weight excluding hydrogens is 320 g/mol. The summed E-state index contributed by atoms with van der Waals surface area (Å²) in [4.78, 5) is 47.2. The SMILES string of the molecule is COC(=O)CCC(C)(C(=O)O)N1Cc2c(cccc2[N+](=O)[O-])C1=O. The van der Waals surface area contributed by atoms with E-state index in [9.17, 15) is 29.6 Å². The number of carboxylic acid groups (broad SMARTS) is 1. The molecule has 0 radical (unpaired) electrons. The molecule has 1 amide bonds. The summed E-state index contributed by atoms with van der Waals surface area (Å²) < 4.78 is 4.50. The second kappa shape index (κ2) is 6.26. The number of hydrogen-bond donors (Lipinski definition) is 1. The number of rotatable bonds is 6. The Hall–Kier alpha value is -2.97. The molecule has 24 heavy (non-hydrogen) atoms. The van der Waals surface area contributed by atoms with Crippen molar-refractivity contribution < 1.29 is 29.2 Å². The fraction of sp³-hybridized carbons (Fsp3) is 0.400. The van der Waals surface area contributed by atoms with Crippen molar-refractivity contribution in [1.82, 2.24) is 4.90 Å². The topological polar surface area (TPSA) is 127 Å². The highest BCUT2D eigenvalue weighted by Gasteiger charge is 2.47. The summed E-state index contributed by atoms with van der Waals surface area (Å²) in [5, 5.41) is 20.7. The van der Waals surface area contributed by atoms with Gasteiger partial charge in [-0.15, -0.1) is 0 Å². The zero-order valence-corrected chi connectivity index (χ0v) is 13.1. The van der Waals surface area contributed by atoms with E-state index in [1.165, 1.54) is 32.2 Å². The van der Waals surface area contributed by atoms with Gasteiger partial charge in [-0.25, -0.2) is 4.79 Å². The Labute approximate surface area is 137 Å². The molecule has 1 aliphatic heterocycles.